The molecule has 2 rings (SSSR count). The number of hydrogen-bond donors (Lipinski definition) is 1. The lowest BCUT2D eigenvalue weighted by Crippen LogP contribution is -1.94. The van der Waals surface area contributed by atoms with Gasteiger partial charge in [0.15, 0.2) is 0 Å². The average Bonchev–Trinajstić information content (AvgIpc) is 2.71. The third-order valence-corrected chi connectivity index (χ3v) is 4.13. The van der Waals surface area contributed by atoms with E-state index in [4.69, 9.17) is 5.73 Å². The summed E-state index contributed by atoms with van der Waals surface area (Å²) >= 11 is 6.71. The van der Waals surface area contributed by atoms with E-state index >= 15 is 0 Å². The van der Waals surface area contributed by atoms with Crippen LogP contribution in [0.1, 0.15) is 5.01 Å². The number of rotatable bonds is 2. The van der Waals surface area contributed by atoms with Gasteiger partial charge in [-0.05, 0) is 22.0 Å². The predicted molar refractivity (Wildman–Crippen MR) is 61.0 cm³/mol. The molecule has 0 saturated heterocycles. The first-order valence-corrected chi connectivity index (χ1v) is 6.23. The van der Waals surface area contributed by atoms with Crippen molar-refractivity contribution in [2.24, 2.45) is 5.73 Å². The lowest BCUT2D eigenvalue weighted by Gasteiger charge is -1.87. The first kappa shape index (κ1) is 9.33. The molecule has 2 nitrogen and oxygen atoms in total. The first-order chi connectivity index (χ1) is 6.29. The molecular weight excluding hydrogens is 268 g/mol. The summed E-state index contributed by atoms with van der Waals surface area (Å²) in [6, 6.07) is 2.07. The van der Waals surface area contributed by atoms with E-state index in [9.17, 15) is 0 Å². The van der Waals surface area contributed by atoms with Crippen LogP contribution in [0, 0.1) is 0 Å². The molecule has 13 heavy (non-hydrogen) atoms. The maximum Gasteiger partial charge on any atom is 0.107 e. The van der Waals surface area contributed by atoms with Crippen LogP contribution in [0.2, 0.25) is 0 Å². The fraction of sp³-hybridized carbons (Fsp3) is 0.125. The smallest absolute Gasteiger partial charge is 0.107 e. The monoisotopic (exact) mass is 274 g/mol. The molecule has 0 aliphatic carbocycles. The quantitative estimate of drug-likeness (QED) is 0.914. The van der Waals surface area contributed by atoms with Crippen molar-refractivity contribution in [3.05, 3.63) is 26.3 Å². The lowest BCUT2D eigenvalue weighted by molar-refractivity contribution is 1.04. The highest BCUT2D eigenvalue weighted by molar-refractivity contribution is 9.10. The number of aromatic nitrogens is 1. The highest BCUT2D eigenvalue weighted by Crippen LogP contribution is 2.30. The van der Waals surface area contributed by atoms with Gasteiger partial charge in [-0.25, -0.2) is 4.98 Å². The van der Waals surface area contributed by atoms with Gasteiger partial charge in [-0.2, -0.15) is 0 Å². The molecule has 0 unspecified atom stereocenters. The second-order valence-electron chi connectivity index (χ2n) is 2.46. The van der Waals surface area contributed by atoms with Crippen LogP contribution in [-0.2, 0) is 6.54 Å². The topological polar surface area (TPSA) is 38.9 Å². The molecule has 0 bridgehead atoms. The number of hydrogen-bond acceptors (Lipinski definition) is 4. The van der Waals surface area contributed by atoms with Gasteiger partial charge >= 0.3 is 0 Å². The predicted octanol–water partition coefficient (Wildman–Crippen LogP) is 3.09. The van der Waals surface area contributed by atoms with Crippen LogP contribution >= 0.6 is 38.6 Å². The van der Waals surface area contributed by atoms with Gasteiger partial charge in [-0.1, -0.05) is 0 Å². The van der Waals surface area contributed by atoms with Crippen molar-refractivity contribution in [3.8, 4) is 10.6 Å². The van der Waals surface area contributed by atoms with Crippen LogP contribution in [0.3, 0.4) is 0 Å². The van der Waals surface area contributed by atoms with Gasteiger partial charge in [0.1, 0.15) is 5.01 Å². The molecule has 2 heterocycles. The number of thiazole rings is 1. The van der Waals surface area contributed by atoms with Gasteiger partial charge in [0.05, 0.1) is 10.6 Å². The van der Waals surface area contributed by atoms with Crippen molar-refractivity contribution in [3.63, 3.8) is 0 Å². The average molecular weight is 275 g/mol. The van der Waals surface area contributed by atoms with E-state index in [0.29, 0.717) is 6.54 Å². The molecule has 0 spiro atoms. The maximum atomic E-state index is 5.49. The zero-order valence-electron chi connectivity index (χ0n) is 6.66. The summed E-state index contributed by atoms with van der Waals surface area (Å²) in [6.45, 7) is 0.525. The van der Waals surface area contributed by atoms with E-state index in [-0.39, 0.29) is 0 Å². The van der Waals surface area contributed by atoms with Gasteiger partial charge < -0.3 is 5.73 Å². The fourth-order valence-corrected chi connectivity index (χ4v) is 3.10. The molecule has 5 heteroatoms. The minimum atomic E-state index is 0.525. The van der Waals surface area contributed by atoms with E-state index in [1.165, 1.54) is 4.88 Å². The zero-order valence-corrected chi connectivity index (χ0v) is 9.88. The Morgan fingerprint density at radius 3 is 2.77 bits per heavy atom. The van der Waals surface area contributed by atoms with E-state index < -0.39 is 0 Å². The lowest BCUT2D eigenvalue weighted by atomic mass is 10.4. The summed E-state index contributed by atoms with van der Waals surface area (Å²) in [6.07, 6.45) is 0. The summed E-state index contributed by atoms with van der Waals surface area (Å²) in [7, 11) is 0. The first-order valence-electron chi connectivity index (χ1n) is 3.68. The summed E-state index contributed by atoms with van der Waals surface area (Å²) < 4.78 is 1.11. The van der Waals surface area contributed by atoms with Crippen molar-refractivity contribution in [1.29, 1.82) is 0 Å². The van der Waals surface area contributed by atoms with Crippen LogP contribution in [-0.4, -0.2) is 4.98 Å². The van der Waals surface area contributed by atoms with Crippen molar-refractivity contribution < 1.29 is 0 Å². The van der Waals surface area contributed by atoms with Gasteiger partial charge in [0.2, 0.25) is 0 Å². The maximum absolute atomic E-state index is 5.49. The van der Waals surface area contributed by atoms with E-state index in [1.54, 1.807) is 22.7 Å². The Labute approximate surface area is 92.6 Å². The van der Waals surface area contributed by atoms with Crippen LogP contribution < -0.4 is 5.73 Å². The largest absolute Gasteiger partial charge is 0.325 e. The number of nitrogens with two attached hydrogens (primary N) is 1. The molecule has 0 radical (unpaired) electrons. The zero-order chi connectivity index (χ0) is 9.26. The van der Waals surface area contributed by atoms with Crippen LogP contribution in [0.25, 0.3) is 10.6 Å². The Bertz CT molecular complexity index is 408. The molecule has 2 aromatic heterocycles. The van der Waals surface area contributed by atoms with Crippen LogP contribution in [0.15, 0.2) is 21.3 Å². The molecule has 0 fully saturated rings. The minimum absolute atomic E-state index is 0.525. The van der Waals surface area contributed by atoms with Gasteiger partial charge in [0, 0.05) is 21.8 Å². The summed E-state index contributed by atoms with van der Waals surface area (Å²) in [5.74, 6) is 0. The molecule has 0 aromatic carbocycles. The second kappa shape index (κ2) is 3.88. The molecule has 0 aliphatic rings. The standard InChI is InChI=1S/C8H7BrN2S2/c9-5-1-7(12-3-5)6-4-13-8(2-10)11-6/h1,3-4H,2,10H2. The van der Waals surface area contributed by atoms with Gasteiger partial charge in [-0.15, -0.1) is 22.7 Å². The number of nitrogens with zero attached hydrogens (tertiary/aromatic N) is 1. The second-order valence-corrected chi connectivity index (χ2v) is 5.23. The number of halogens is 1. The molecule has 2 aromatic rings. The number of thiophene rings is 1. The summed E-state index contributed by atoms with van der Waals surface area (Å²) in [5, 5.41) is 5.08. The molecular formula is C8H7BrN2S2. The van der Waals surface area contributed by atoms with Crippen molar-refractivity contribution in [2.75, 3.05) is 0 Å². The van der Waals surface area contributed by atoms with Gasteiger partial charge in [-0.3, -0.25) is 0 Å². The molecule has 0 atom stereocenters. The van der Waals surface area contributed by atoms with Gasteiger partial charge in [0.25, 0.3) is 0 Å². The Morgan fingerprint density at radius 2 is 2.23 bits per heavy atom. The van der Waals surface area contributed by atoms with Crippen molar-refractivity contribution in [1.82, 2.24) is 4.98 Å². The Hall–Kier alpha value is -0.230. The van der Waals surface area contributed by atoms with E-state index in [0.717, 1.165) is 15.2 Å². The van der Waals surface area contributed by atoms with Crippen molar-refractivity contribution in [2.45, 2.75) is 6.54 Å². The fourth-order valence-electron chi connectivity index (χ4n) is 0.965. The van der Waals surface area contributed by atoms with Crippen molar-refractivity contribution >= 4 is 38.6 Å². The summed E-state index contributed by atoms with van der Waals surface area (Å²) in [5.41, 5.74) is 6.52. The summed E-state index contributed by atoms with van der Waals surface area (Å²) in [4.78, 5) is 5.58. The molecule has 0 amide bonds. The van der Waals surface area contributed by atoms with E-state index in [1.807, 2.05) is 5.38 Å². The molecule has 0 aliphatic heterocycles. The Balaban J connectivity index is 2.35. The highest BCUT2D eigenvalue weighted by Gasteiger charge is 2.05. The normalized spacial score (nSPS) is 10.6. The van der Waals surface area contributed by atoms with E-state index in [2.05, 4.69) is 32.4 Å². The molecule has 2 N–H and O–H groups in total. The van der Waals surface area contributed by atoms with Crippen LogP contribution in [0.4, 0.5) is 0 Å². The SMILES string of the molecule is NCc1nc(-c2cc(Br)cs2)cs1. The van der Waals surface area contributed by atoms with Crippen LogP contribution in [0.5, 0.6) is 0 Å². The third kappa shape index (κ3) is 1.99. The minimum Gasteiger partial charge on any atom is -0.325 e. The Kier molecular flexibility index (Phi) is 2.78. The molecule has 0 saturated carbocycles. The third-order valence-electron chi connectivity index (χ3n) is 1.55. The highest BCUT2D eigenvalue weighted by atomic mass is 79.9. The Morgan fingerprint density at radius 1 is 1.38 bits per heavy atom. The molecule has 68 valence electrons.